The van der Waals surface area contributed by atoms with Crippen LogP contribution in [0.25, 0.3) is 0 Å². The smallest absolute Gasteiger partial charge is 0.306 e. The Morgan fingerprint density at radius 3 is 1.03 bits per heavy atom. The molecule has 0 rings (SSSR count). The lowest BCUT2D eigenvalue weighted by molar-refractivity contribution is -0.145. The zero-order valence-electron chi connectivity index (χ0n) is 22.3. The molecule has 0 saturated carbocycles. The molecule has 0 aromatic rings. The van der Waals surface area contributed by atoms with Crippen molar-refractivity contribution in [3.8, 4) is 0 Å². The van der Waals surface area contributed by atoms with Gasteiger partial charge >= 0.3 is 11.9 Å². The summed E-state index contributed by atoms with van der Waals surface area (Å²) >= 11 is 3.35. The number of hydrogen-bond acceptors (Lipinski definition) is 14. The van der Waals surface area contributed by atoms with Gasteiger partial charge in [-0.3, -0.25) is 9.59 Å². The number of carbonyl (C=O) groups excluding carboxylic acids is 2. The van der Waals surface area contributed by atoms with E-state index in [1.165, 1.54) is 0 Å². The summed E-state index contributed by atoms with van der Waals surface area (Å²) in [6.07, 6.45) is 0.706. The van der Waals surface area contributed by atoms with E-state index in [-0.39, 0.29) is 38.4 Å². The Morgan fingerprint density at radius 1 is 0.421 bits per heavy atom. The van der Waals surface area contributed by atoms with Gasteiger partial charge in [0.05, 0.1) is 105 Å². The SMILES string of the molecule is O=C(CCSCCSCCC(=O)OCCOCCOCCOCCO)OCCOCCOCCOCCO. The number of aliphatic hydroxyl groups is 2. The molecule has 0 atom stereocenters. The monoisotopic (exact) mass is 590 g/mol. The molecule has 2 N–H and O–H groups in total. The molecule has 0 unspecified atom stereocenters. The van der Waals surface area contributed by atoms with Crippen LogP contribution in [0.2, 0.25) is 0 Å². The fourth-order valence-electron chi connectivity index (χ4n) is 2.42. The Morgan fingerprint density at radius 2 is 0.711 bits per heavy atom. The fourth-order valence-corrected chi connectivity index (χ4v) is 4.39. The number of ether oxygens (including phenoxy) is 8. The highest BCUT2D eigenvalue weighted by Gasteiger charge is 2.05. The van der Waals surface area contributed by atoms with Gasteiger partial charge in [0, 0.05) is 23.0 Å². The van der Waals surface area contributed by atoms with Crippen molar-refractivity contribution in [1.29, 1.82) is 0 Å². The Labute approximate surface area is 234 Å². The maximum absolute atomic E-state index is 11.7. The first kappa shape index (κ1) is 37.3. The van der Waals surface area contributed by atoms with Crippen LogP contribution in [-0.4, -0.2) is 151 Å². The largest absolute Gasteiger partial charge is 0.463 e. The number of aliphatic hydroxyl groups excluding tert-OH is 2. The van der Waals surface area contributed by atoms with Crippen LogP contribution in [0, 0.1) is 0 Å². The van der Waals surface area contributed by atoms with Crippen molar-refractivity contribution in [2.75, 3.05) is 129 Å². The Bertz CT molecular complexity index is 473. The molecular weight excluding hydrogens is 544 g/mol. The lowest BCUT2D eigenvalue weighted by atomic mass is 10.5. The van der Waals surface area contributed by atoms with E-state index in [0.29, 0.717) is 104 Å². The van der Waals surface area contributed by atoms with Gasteiger partial charge in [-0.1, -0.05) is 0 Å². The van der Waals surface area contributed by atoms with Gasteiger partial charge in [0.15, 0.2) is 0 Å². The summed E-state index contributed by atoms with van der Waals surface area (Å²) < 4.78 is 41.6. The van der Waals surface area contributed by atoms with Crippen molar-refractivity contribution >= 4 is 35.5 Å². The van der Waals surface area contributed by atoms with Crippen LogP contribution in [0.5, 0.6) is 0 Å². The van der Waals surface area contributed by atoms with E-state index in [4.69, 9.17) is 48.1 Å². The zero-order valence-corrected chi connectivity index (χ0v) is 24.0. The molecule has 14 heteroatoms. The van der Waals surface area contributed by atoms with E-state index in [0.717, 1.165) is 11.5 Å². The molecular formula is C24H46O12S2. The highest BCUT2D eigenvalue weighted by Crippen LogP contribution is 2.10. The number of carbonyl (C=O) groups is 2. The Hall–Kier alpha value is -0.680. The lowest BCUT2D eigenvalue weighted by Crippen LogP contribution is -2.14. The predicted octanol–water partition coefficient (Wildman–Crippen LogP) is 0.404. The minimum atomic E-state index is -0.242. The molecule has 0 spiro atoms. The van der Waals surface area contributed by atoms with Crippen molar-refractivity contribution in [1.82, 2.24) is 0 Å². The second-order valence-electron chi connectivity index (χ2n) is 7.29. The van der Waals surface area contributed by atoms with Gasteiger partial charge in [-0.25, -0.2) is 0 Å². The molecule has 12 nitrogen and oxygen atoms in total. The topological polar surface area (TPSA) is 148 Å². The third-order valence-electron chi connectivity index (χ3n) is 4.21. The van der Waals surface area contributed by atoms with Crippen LogP contribution >= 0.6 is 23.5 Å². The van der Waals surface area contributed by atoms with E-state index in [1.807, 2.05) is 0 Å². The summed E-state index contributed by atoms with van der Waals surface area (Å²) in [5.74, 6) is 2.69. The van der Waals surface area contributed by atoms with Crippen molar-refractivity contribution in [2.45, 2.75) is 12.8 Å². The second-order valence-corrected chi connectivity index (χ2v) is 9.74. The first-order chi connectivity index (χ1) is 18.7. The van der Waals surface area contributed by atoms with Crippen LogP contribution in [0.1, 0.15) is 12.8 Å². The van der Waals surface area contributed by atoms with E-state index in [2.05, 4.69) is 0 Å². The van der Waals surface area contributed by atoms with Crippen molar-refractivity contribution < 1.29 is 57.7 Å². The Kier molecular flexibility index (Phi) is 31.9. The third-order valence-corrected chi connectivity index (χ3v) is 6.44. The van der Waals surface area contributed by atoms with E-state index in [1.54, 1.807) is 23.5 Å². The molecule has 0 aliphatic rings. The van der Waals surface area contributed by atoms with Crippen LogP contribution < -0.4 is 0 Å². The predicted molar refractivity (Wildman–Crippen MR) is 145 cm³/mol. The summed E-state index contributed by atoms with van der Waals surface area (Å²) in [4.78, 5) is 23.4. The second kappa shape index (κ2) is 32.5. The van der Waals surface area contributed by atoms with Crippen LogP contribution in [0.3, 0.4) is 0 Å². The van der Waals surface area contributed by atoms with Crippen molar-refractivity contribution in [3.63, 3.8) is 0 Å². The molecule has 0 aliphatic carbocycles. The van der Waals surface area contributed by atoms with Crippen LogP contribution in [0.15, 0.2) is 0 Å². The van der Waals surface area contributed by atoms with Gasteiger partial charge in [0.1, 0.15) is 13.2 Å². The van der Waals surface area contributed by atoms with Gasteiger partial charge < -0.3 is 48.1 Å². The summed E-state index contributed by atoms with van der Waals surface area (Å²) in [5.41, 5.74) is 0. The number of thioether (sulfide) groups is 2. The summed E-state index contributed by atoms with van der Waals surface area (Å²) in [6, 6.07) is 0. The number of esters is 2. The van der Waals surface area contributed by atoms with Crippen LogP contribution in [-0.2, 0) is 47.5 Å². The fraction of sp³-hybridized carbons (Fsp3) is 0.917. The number of hydrogen-bond donors (Lipinski definition) is 2. The molecule has 0 amide bonds. The molecule has 0 radical (unpaired) electrons. The zero-order chi connectivity index (χ0) is 27.8. The highest BCUT2D eigenvalue weighted by molar-refractivity contribution is 8.02. The molecule has 38 heavy (non-hydrogen) atoms. The number of rotatable bonds is 31. The first-order valence-corrected chi connectivity index (χ1v) is 15.2. The molecule has 0 bridgehead atoms. The molecule has 0 fully saturated rings. The normalized spacial score (nSPS) is 11.1. The van der Waals surface area contributed by atoms with Crippen molar-refractivity contribution in [3.05, 3.63) is 0 Å². The Balaban J connectivity index is 3.25. The van der Waals surface area contributed by atoms with Gasteiger partial charge in [0.2, 0.25) is 0 Å². The molecule has 0 aromatic heterocycles. The average molecular weight is 591 g/mol. The first-order valence-electron chi connectivity index (χ1n) is 12.9. The molecule has 0 aliphatic heterocycles. The van der Waals surface area contributed by atoms with Gasteiger partial charge in [-0.2, -0.15) is 23.5 Å². The van der Waals surface area contributed by atoms with Gasteiger partial charge in [-0.05, 0) is 0 Å². The van der Waals surface area contributed by atoms with Gasteiger partial charge in [0.25, 0.3) is 0 Å². The maximum atomic E-state index is 11.7. The minimum absolute atomic E-state index is 0.00188. The van der Waals surface area contributed by atoms with Crippen LogP contribution in [0.4, 0.5) is 0 Å². The van der Waals surface area contributed by atoms with E-state index < -0.39 is 0 Å². The molecule has 226 valence electrons. The molecule has 0 aromatic carbocycles. The summed E-state index contributed by atoms with van der Waals surface area (Å²) in [7, 11) is 0. The molecule has 0 saturated heterocycles. The van der Waals surface area contributed by atoms with E-state index >= 15 is 0 Å². The van der Waals surface area contributed by atoms with Gasteiger partial charge in [-0.15, -0.1) is 0 Å². The average Bonchev–Trinajstić information content (AvgIpc) is 2.91. The highest BCUT2D eigenvalue weighted by atomic mass is 32.2. The molecule has 0 heterocycles. The lowest BCUT2D eigenvalue weighted by Gasteiger charge is -2.08. The van der Waals surface area contributed by atoms with E-state index in [9.17, 15) is 9.59 Å². The maximum Gasteiger partial charge on any atom is 0.306 e. The third kappa shape index (κ3) is 31.5. The minimum Gasteiger partial charge on any atom is -0.463 e. The summed E-state index contributed by atoms with van der Waals surface area (Å²) in [5, 5.41) is 17.1. The quantitative estimate of drug-likeness (QED) is 0.0847. The standard InChI is InChI=1S/C24H46O12S2/c25-3-5-29-7-9-31-11-13-33-15-17-35-23(27)1-19-37-21-22-38-20-2-24(28)36-18-16-34-14-12-32-10-8-30-6-4-26/h25-26H,1-22H2. The van der Waals surface area contributed by atoms with Crippen molar-refractivity contribution in [2.24, 2.45) is 0 Å². The summed E-state index contributed by atoms with van der Waals surface area (Å²) in [6.45, 7) is 5.17.